The van der Waals surface area contributed by atoms with Crippen LogP contribution in [-0.2, 0) is 20.9 Å². The summed E-state index contributed by atoms with van der Waals surface area (Å²) in [5.41, 5.74) is 7.37. The van der Waals surface area contributed by atoms with E-state index in [0.29, 0.717) is 11.6 Å². The molecule has 4 rings (SSSR count). The van der Waals surface area contributed by atoms with Gasteiger partial charge in [0, 0.05) is 42.5 Å². The highest BCUT2D eigenvalue weighted by Gasteiger charge is 2.36. The second kappa shape index (κ2) is 9.60. The van der Waals surface area contributed by atoms with Crippen molar-refractivity contribution in [3.8, 4) is 11.4 Å². The van der Waals surface area contributed by atoms with Gasteiger partial charge in [-0.05, 0) is 57.7 Å². The van der Waals surface area contributed by atoms with Crippen LogP contribution in [0.4, 0.5) is 0 Å². The van der Waals surface area contributed by atoms with Crippen LogP contribution in [0.3, 0.4) is 0 Å². The summed E-state index contributed by atoms with van der Waals surface area (Å²) in [6.45, 7) is 5.63. The first-order chi connectivity index (χ1) is 16.1. The number of ether oxygens (including phenoxy) is 1. The second-order valence-electron chi connectivity index (χ2n) is 10.3. The third-order valence-corrected chi connectivity index (χ3v) is 6.58. The molecule has 0 bridgehead atoms. The molecule has 1 atom stereocenters. The Kier molecular flexibility index (Phi) is 6.77. The van der Waals surface area contributed by atoms with Gasteiger partial charge < -0.3 is 19.9 Å². The quantitative estimate of drug-likeness (QED) is 0.621. The van der Waals surface area contributed by atoms with E-state index in [4.69, 9.17) is 10.5 Å². The number of esters is 1. The van der Waals surface area contributed by atoms with E-state index in [1.807, 2.05) is 24.5 Å². The van der Waals surface area contributed by atoms with Crippen LogP contribution in [-0.4, -0.2) is 43.9 Å². The summed E-state index contributed by atoms with van der Waals surface area (Å²) in [5, 5.41) is 0. The average molecular weight is 467 g/mol. The number of hydrogen-bond acceptors (Lipinski definition) is 5. The van der Waals surface area contributed by atoms with E-state index in [-0.39, 0.29) is 25.3 Å². The number of nitrogens with zero attached hydrogens (tertiary/aromatic N) is 3. The topological polar surface area (TPSA) is 108 Å². The van der Waals surface area contributed by atoms with Gasteiger partial charge >= 0.3 is 5.97 Å². The van der Waals surface area contributed by atoms with Crippen LogP contribution in [0.2, 0.25) is 0 Å². The summed E-state index contributed by atoms with van der Waals surface area (Å²) in [7, 11) is 0. The van der Waals surface area contributed by atoms with E-state index in [1.165, 1.54) is 24.2 Å². The SMILES string of the molecule is CC(C)(C)OC(=O)CCC(C(N)=O)N1Cc2cc(-c3nccn3C3CCCCC3)ccc2C1=O. The molecule has 2 N–H and O–H groups in total. The van der Waals surface area contributed by atoms with Crippen molar-refractivity contribution in [3.63, 3.8) is 0 Å². The molecule has 8 nitrogen and oxygen atoms in total. The predicted molar refractivity (Wildman–Crippen MR) is 128 cm³/mol. The molecule has 0 spiro atoms. The predicted octanol–water partition coefficient (Wildman–Crippen LogP) is 3.99. The van der Waals surface area contributed by atoms with Crippen molar-refractivity contribution in [1.82, 2.24) is 14.5 Å². The van der Waals surface area contributed by atoms with Crippen molar-refractivity contribution in [2.24, 2.45) is 5.73 Å². The number of benzene rings is 1. The summed E-state index contributed by atoms with van der Waals surface area (Å²) in [5.74, 6) is -0.389. The summed E-state index contributed by atoms with van der Waals surface area (Å²) >= 11 is 0. The minimum absolute atomic E-state index is 0.00900. The van der Waals surface area contributed by atoms with Crippen molar-refractivity contribution in [1.29, 1.82) is 0 Å². The Morgan fingerprint density at radius 2 is 1.94 bits per heavy atom. The van der Waals surface area contributed by atoms with E-state index in [1.54, 1.807) is 26.8 Å². The zero-order valence-corrected chi connectivity index (χ0v) is 20.3. The second-order valence-corrected chi connectivity index (χ2v) is 10.3. The molecular formula is C26H34N4O4. The Hall–Kier alpha value is -3.16. The lowest BCUT2D eigenvalue weighted by Crippen LogP contribution is -2.45. The maximum absolute atomic E-state index is 13.1. The number of rotatable bonds is 7. The van der Waals surface area contributed by atoms with E-state index in [9.17, 15) is 14.4 Å². The number of aromatic nitrogens is 2. The third kappa shape index (κ3) is 5.16. The maximum Gasteiger partial charge on any atom is 0.306 e. The van der Waals surface area contributed by atoms with Gasteiger partial charge in [-0.3, -0.25) is 14.4 Å². The molecule has 2 heterocycles. The zero-order valence-electron chi connectivity index (χ0n) is 20.3. The molecule has 2 aliphatic rings. The lowest BCUT2D eigenvalue weighted by atomic mass is 9.95. The van der Waals surface area contributed by atoms with Gasteiger partial charge in [-0.25, -0.2) is 4.98 Å². The van der Waals surface area contributed by atoms with Crippen molar-refractivity contribution in [2.45, 2.75) is 89.9 Å². The normalized spacial score (nSPS) is 17.5. The van der Waals surface area contributed by atoms with Crippen molar-refractivity contribution in [2.75, 3.05) is 0 Å². The largest absolute Gasteiger partial charge is 0.460 e. The molecule has 0 radical (unpaired) electrons. The van der Waals surface area contributed by atoms with Gasteiger partial charge in [0.15, 0.2) is 0 Å². The highest BCUT2D eigenvalue weighted by molar-refractivity contribution is 6.01. The first-order valence-corrected chi connectivity index (χ1v) is 12.1. The molecule has 2 aromatic rings. The molecule has 1 aromatic heterocycles. The highest BCUT2D eigenvalue weighted by Crippen LogP contribution is 2.34. The fourth-order valence-corrected chi connectivity index (χ4v) is 5.02. The van der Waals surface area contributed by atoms with Crippen molar-refractivity contribution in [3.05, 3.63) is 41.7 Å². The number of fused-ring (bicyclic) bond motifs is 1. The van der Waals surface area contributed by atoms with Crippen molar-refractivity contribution >= 4 is 17.8 Å². The van der Waals surface area contributed by atoms with E-state index >= 15 is 0 Å². The summed E-state index contributed by atoms with van der Waals surface area (Å²) in [6.07, 6.45) is 10.0. The first-order valence-electron chi connectivity index (χ1n) is 12.1. The van der Waals surface area contributed by atoms with Crippen molar-refractivity contribution < 1.29 is 19.1 Å². The molecule has 1 unspecified atom stereocenters. The molecule has 8 heteroatoms. The molecule has 2 amide bonds. The van der Waals surface area contributed by atoms with Crippen LogP contribution < -0.4 is 5.73 Å². The third-order valence-electron chi connectivity index (χ3n) is 6.58. The van der Waals surface area contributed by atoms with Gasteiger partial charge in [-0.2, -0.15) is 0 Å². The Morgan fingerprint density at radius 1 is 1.21 bits per heavy atom. The standard InChI is InChI=1S/C26H34N4O4/c1-26(2,3)34-22(31)12-11-21(23(27)32)30-16-18-15-17(9-10-20(18)25(30)33)24-28-13-14-29(24)19-7-5-4-6-8-19/h9-10,13-15,19,21H,4-8,11-12,16H2,1-3H3,(H2,27,32). The van der Waals surface area contributed by atoms with Gasteiger partial charge in [0.2, 0.25) is 5.91 Å². The Bertz CT molecular complexity index is 1080. The molecule has 182 valence electrons. The van der Waals surface area contributed by atoms with E-state index < -0.39 is 23.5 Å². The number of carbonyl (C=O) groups is 3. The number of hydrogen-bond donors (Lipinski definition) is 1. The van der Waals surface area contributed by atoms with Crippen LogP contribution >= 0.6 is 0 Å². The van der Waals surface area contributed by atoms with Gasteiger partial charge in [0.05, 0.1) is 0 Å². The molecule has 1 aliphatic carbocycles. The number of carbonyl (C=O) groups excluding carboxylic acids is 3. The number of amides is 2. The Morgan fingerprint density at radius 3 is 2.62 bits per heavy atom. The van der Waals surface area contributed by atoms with E-state index in [2.05, 4.69) is 9.55 Å². The number of primary amides is 1. The number of nitrogens with two attached hydrogens (primary N) is 1. The monoisotopic (exact) mass is 466 g/mol. The minimum Gasteiger partial charge on any atom is -0.460 e. The molecular weight excluding hydrogens is 432 g/mol. The van der Waals surface area contributed by atoms with Crippen LogP contribution in [0.5, 0.6) is 0 Å². The molecule has 1 fully saturated rings. The fraction of sp³-hybridized carbons (Fsp3) is 0.538. The number of imidazole rings is 1. The van der Waals surface area contributed by atoms with Gasteiger partial charge in [-0.1, -0.05) is 25.3 Å². The summed E-state index contributed by atoms with van der Waals surface area (Å²) < 4.78 is 7.59. The lowest BCUT2D eigenvalue weighted by Gasteiger charge is -2.25. The molecule has 1 aliphatic heterocycles. The fourth-order valence-electron chi connectivity index (χ4n) is 5.02. The molecule has 1 aromatic carbocycles. The lowest BCUT2D eigenvalue weighted by molar-refractivity contribution is -0.155. The minimum atomic E-state index is -0.875. The first kappa shape index (κ1) is 24.0. The molecule has 1 saturated carbocycles. The summed E-state index contributed by atoms with van der Waals surface area (Å²) in [4.78, 5) is 43.6. The van der Waals surface area contributed by atoms with Crippen LogP contribution in [0.15, 0.2) is 30.6 Å². The van der Waals surface area contributed by atoms with Gasteiger partial charge in [-0.15, -0.1) is 0 Å². The molecule has 34 heavy (non-hydrogen) atoms. The smallest absolute Gasteiger partial charge is 0.306 e. The van der Waals surface area contributed by atoms with Gasteiger partial charge in [0.25, 0.3) is 5.91 Å². The van der Waals surface area contributed by atoms with Crippen LogP contribution in [0, 0.1) is 0 Å². The maximum atomic E-state index is 13.1. The average Bonchev–Trinajstić information content (AvgIpc) is 3.38. The molecule has 0 saturated heterocycles. The summed E-state index contributed by atoms with van der Waals surface area (Å²) in [6, 6.07) is 5.28. The Labute approximate surface area is 200 Å². The van der Waals surface area contributed by atoms with Crippen LogP contribution in [0.25, 0.3) is 11.4 Å². The highest BCUT2D eigenvalue weighted by atomic mass is 16.6. The van der Waals surface area contributed by atoms with E-state index in [0.717, 1.165) is 29.8 Å². The zero-order chi connectivity index (χ0) is 24.5. The van der Waals surface area contributed by atoms with Gasteiger partial charge in [0.1, 0.15) is 17.5 Å². The Balaban J connectivity index is 1.51. The van der Waals surface area contributed by atoms with Crippen LogP contribution in [0.1, 0.15) is 87.7 Å².